The minimum absolute atomic E-state index is 0.0541. The van der Waals surface area contributed by atoms with Gasteiger partial charge in [-0.3, -0.25) is 0 Å². The minimum atomic E-state index is -1.27. The van der Waals surface area contributed by atoms with Crippen molar-refractivity contribution in [1.29, 1.82) is 5.26 Å². The summed E-state index contributed by atoms with van der Waals surface area (Å²) < 4.78 is 0. The Morgan fingerprint density at radius 3 is 2.37 bits per heavy atom. The normalized spacial score (nSPS) is 11.7. The molecule has 0 aliphatic carbocycles. The predicted octanol–water partition coefficient (Wildman–Crippen LogP) is 4.20. The number of benzene rings is 2. The van der Waals surface area contributed by atoms with E-state index >= 15 is 0 Å². The topological polar surface area (TPSA) is 102 Å². The molecule has 5 heteroatoms. The number of nitrogens with zero attached hydrogens (tertiary/aromatic N) is 1. The van der Waals surface area contributed by atoms with Gasteiger partial charge in [-0.1, -0.05) is 43.0 Å². The van der Waals surface area contributed by atoms with Crippen molar-refractivity contribution in [2.75, 3.05) is 0 Å². The van der Waals surface area contributed by atoms with Crippen LogP contribution < -0.4 is 0 Å². The van der Waals surface area contributed by atoms with Crippen molar-refractivity contribution in [2.24, 2.45) is 0 Å². The molecule has 0 saturated heterocycles. The number of aliphatic carboxylic acids is 1. The van der Waals surface area contributed by atoms with Crippen LogP contribution in [0.15, 0.2) is 72.5 Å². The van der Waals surface area contributed by atoms with Crippen molar-refractivity contribution >= 4 is 11.5 Å². The summed E-state index contributed by atoms with van der Waals surface area (Å²) in [6, 6.07) is 14.5. The van der Waals surface area contributed by atoms with Gasteiger partial charge >= 0.3 is 5.97 Å². The van der Waals surface area contributed by atoms with Crippen LogP contribution in [-0.4, -0.2) is 21.3 Å². The molecule has 0 heterocycles. The van der Waals surface area contributed by atoms with Crippen LogP contribution >= 0.6 is 0 Å². The quantitative estimate of drug-likeness (QED) is 0.406. The number of allylic oxidation sites excluding steroid dienone is 3. The van der Waals surface area contributed by atoms with Gasteiger partial charge in [-0.15, -0.1) is 0 Å². The molecule has 27 heavy (non-hydrogen) atoms. The van der Waals surface area contributed by atoms with Crippen LogP contribution in [0.3, 0.4) is 0 Å². The lowest BCUT2D eigenvalue weighted by Gasteiger charge is -2.09. The first-order valence-corrected chi connectivity index (χ1v) is 8.15. The van der Waals surface area contributed by atoms with Crippen molar-refractivity contribution in [3.05, 3.63) is 89.2 Å². The van der Waals surface area contributed by atoms with Crippen molar-refractivity contribution in [2.45, 2.75) is 13.5 Å². The zero-order valence-electron chi connectivity index (χ0n) is 14.8. The molecule has 136 valence electrons. The standard InChI is InChI=1S/C22H19NO4/c1-3-21(25)20(22(26)27)10-14(2)17-8-9-19(18(11-17)12-23)16-6-4-15(13-24)5-7-16/h3-11,24-25H,2,13H2,1H3,(H,26,27)/b20-10+,21-3+. The van der Waals surface area contributed by atoms with E-state index in [1.165, 1.54) is 19.1 Å². The second-order valence-corrected chi connectivity index (χ2v) is 5.79. The molecule has 5 nitrogen and oxygen atoms in total. The number of carboxylic acid groups (broad SMARTS) is 1. The van der Waals surface area contributed by atoms with Gasteiger partial charge in [-0.05, 0) is 53.0 Å². The highest BCUT2D eigenvalue weighted by atomic mass is 16.4. The van der Waals surface area contributed by atoms with Gasteiger partial charge in [-0.2, -0.15) is 5.26 Å². The largest absolute Gasteiger partial charge is 0.507 e. The van der Waals surface area contributed by atoms with Gasteiger partial charge in [0.15, 0.2) is 0 Å². The predicted molar refractivity (Wildman–Crippen MR) is 104 cm³/mol. The van der Waals surface area contributed by atoms with E-state index in [2.05, 4.69) is 12.6 Å². The number of nitriles is 1. The second kappa shape index (κ2) is 8.65. The second-order valence-electron chi connectivity index (χ2n) is 5.79. The lowest BCUT2D eigenvalue weighted by Crippen LogP contribution is -2.03. The number of carboxylic acids is 1. The maximum atomic E-state index is 11.3. The van der Waals surface area contributed by atoms with Gasteiger partial charge in [0, 0.05) is 0 Å². The molecular weight excluding hydrogens is 342 g/mol. The molecule has 2 aromatic carbocycles. The van der Waals surface area contributed by atoms with E-state index in [1.807, 2.05) is 12.1 Å². The molecule has 0 spiro atoms. The first kappa shape index (κ1) is 19.7. The van der Waals surface area contributed by atoms with E-state index < -0.39 is 5.97 Å². The minimum Gasteiger partial charge on any atom is -0.507 e. The number of aliphatic hydroxyl groups excluding tert-OH is 2. The molecule has 0 saturated carbocycles. The molecule has 0 amide bonds. The Bertz CT molecular complexity index is 976. The first-order valence-electron chi connectivity index (χ1n) is 8.15. The van der Waals surface area contributed by atoms with Gasteiger partial charge in [0.2, 0.25) is 0 Å². The number of hydrogen-bond donors (Lipinski definition) is 3. The third-order valence-electron chi connectivity index (χ3n) is 4.06. The third kappa shape index (κ3) is 4.51. The summed E-state index contributed by atoms with van der Waals surface area (Å²) >= 11 is 0. The molecule has 3 N–H and O–H groups in total. The van der Waals surface area contributed by atoms with Gasteiger partial charge < -0.3 is 15.3 Å². The molecule has 0 bridgehead atoms. The molecule has 2 aromatic rings. The molecule has 0 fully saturated rings. The summed E-state index contributed by atoms with van der Waals surface area (Å²) in [6.07, 6.45) is 2.55. The average Bonchev–Trinajstić information content (AvgIpc) is 2.70. The van der Waals surface area contributed by atoms with Crippen LogP contribution in [-0.2, 0) is 11.4 Å². The fraction of sp³-hybridized carbons (Fsp3) is 0.0909. The van der Waals surface area contributed by atoms with Crippen molar-refractivity contribution in [3.63, 3.8) is 0 Å². The maximum absolute atomic E-state index is 11.3. The fourth-order valence-electron chi connectivity index (χ4n) is 2.54. The number of rotatable bonds is 6. The Balaban J connectivity index is 2.44. The number of aliphatic hydroxyl groups is 2. The zero-order chi connectivity index (χ0) is 20.0. The molecule has 0 aliphatic heterocycles. The molecule has 2 rings (SSSR count). The molecule has 0 aliphatic rings. The van der Waals surface area contributed by atoms with E-state index in [0.29, 0.717) is 16.7 Å². The van der Waals surface area contributed by atoms with Crippen LogP contribution in [0.4, 0.5) is 0 Å². The lowest BCUT2D eigenvalue weighted by molar-refractivity contribution is -0.132. The lowest BCUT2D eigenvalue weighted by atomic mass is 9.94. The summed E-state index contributed by atoms with van der Waals surface area (Å²) in [5, 5.41) is 37.6. The number of hydrogen-bond acceptors (Lipinski definition) is 4. The molecule has 0 unspecified atom stereocenters. The van der Waals surface area contributed by atoms with E-state index in [4.69, 9.17) is 5.11 Å². The Kier molecular flexibility index (Phi) is 6.32. The van der Waals surface area contributed by atoms with Crippen LogP contribution in [0, 0.1) is 11.3 Å². The first-order chi connectivity index (χ1) is 12.9. The Morgan fingerprint density at radius 2 is 1.85 bits per heavy atom. The van der Waals surface area contributed by atoms with E-state index in [-0.39, 0.29) is 17.9 Å². The van der Waals surface area contributed by atoms with Gasteiger partial charge in [0.1, 0.15) is 11.3 Å². The van der Waals surface area contributed by atoms with E-state index in [0.717, 1.165) is 16.7 Å². The monoisotopic (exact) mass is 361 g/mol. The van der Waals surface area contributed by atoms with Gasteiger partial charge in [0.05, 0.1) is 18.2 Å². The highest BCUT2D eigenvalue weighted by molar-refractivity contribution is 5.95. The van der Waals surface area contributed by atoms with Gasteiger partial charge in [-0.25, -0.2) is 4.79 Å². The Morgan fingerprint density at radius 1 is 1.19 bits per heavy atom. The number of carbonyl (C=O) groups is 1. The molecule has 0 atom stereocenters. The van der Waals surface area contributed by atoms with Gasteiger partial charge in [0.25, 0.3) is 0 Å². The van der Waals surface area contributed by atoms with Crippen molar-refractivity contribution in [1.82, 2.24) is 0 Å². The SMILES string of the molecule is C=C(/C=C(C(=O)O)\C(O)=C/C)c1ccc(-c2ccc(CO)cc2)c(C#N)c1. The van der Waals surface area contributed by atoms with E-state index in [9.17, 15) is 20.3 Å². The molecule has 0 radical (unpaired) electrons. The molecular formula is C22H19NO4. The van der Waals surface area contributed by atoms with Crippen LogP contribution in [0.2, 0.25) is 0 Å². The summed E-state index contributed by atoms with van der Waals surface area (Å²) in [6.45, 7) is 5.32. The summed E-state index contributed by atoms with van der Waals surface area (Å²) in [5.41, 5.74) is 3.39. The maximum Gasteiger partial charge on any atom is 0.339 e. The summed E-state index contributed by atoms with van der Waals surface area (Å²) in [4.78, 5) is 11.3. The van der Waals surface area contributed by atoms with E-state index in [1.54, 1.807) is 30.3 Å². The van der Waals surface area contributed by atoms with Crippen molar-refractivity contribution in [3.8, 4) is 17.2 Å². The smallest absolute Gasteiger partial charge is 0.339 e. The summed E-state index contributed by atoms with van der Waals surface area (Å²) in [7, 11) is 0. The fourth-order valence-corrected chi connectivity index (χ4v) is 2.54. The summed E-state index contributed by atoms with van der Waals surface area (Å²) in [5.74, 6) is -1.63. The Hall–Kier alpha value is -3.62. The highest BCUT2D eigenvalue weighted by Crippen LogP contribution is 2.28. The highest BCUT2D eigenvalue weighted by Gasteiger charge is 2.13. The molecule has 0 aromatic heterocycles. The Labute approximate surface area is 157 Å². The third-order valence-corrected chi connectivity index (χ3v) is 4.06. The van der Waals surface area contributed by atoms with Crippen LogP contribution in [0.5, 0.6) is 0 Å². The van der Waals surface area contributed by atoms with Crippen LogP contribution in [0.25, 0.3) is 16.7 Å². The zero-order valence-corrected chi connectivity index (χ0v) is 14.8. The van der Waals surface area contributed by atoms with Crippen LogP contribution in [0.1, 0.15) is 23.6 Å². The van der Waals surface area contributed by atoms with Crippen molar-refractivity contribution < 1.29 is 20.1 Å². The average molecular weight is 361 g/mol.